The lowest BCUT2D eigenvalue weighted by Crippen LogP contribution is -2.35. The normalized spacial score (nSPS) is 11.8. The summed E-state index contributed by atoms with van der Waals surface area (Å²) < 4.78 is 9.47. The molecule has 0 aliphatic rings. The molecule has 1 amide bonds. The molecule has 6 nitrogen and oxygen atoms in total. The summed E-state index contributed by atoms with van der Waals surface area (Å²) >= 11 is 0. The van der Waals surface area contributed by atoms with Gasteiger partial charge in [0.05, 0.1) is 7.11 Å². The molecule has 0 saturated heterocycles. The number of amides is 1. The number of esters is 2. The first-order valence-electron chi connectivity index (χ1n) is 5.38. The molecule has 98 valence electrons. The van der Waals surface area contributed by atoms with Crippen molar-refractivity contribution in [3.05, 3.63) is 0 Å². The number of nitrogens with one attached hydrogen (secondary N) is 1. The molecule has 0 saturated carbocycles. The lowest BCUT2D eigenvalue weighted by atomic mass is 10.1. The summed E-state index contributed by atoms with van der Waals surface area (Å²) in [6, 6.07) is 0. The lowest BCUT2D eigenvalue weighted by molar-refractivity contribution is -0.166. The van der Waals surface area contributed by atoms with E-state index in [1.165, 1.54) is 14.0 Å². The molecular weight excluding hydrogens is 226 g/mol. The minimum atomic E-state index is -0.916. The average Bonchev–Trinajstić information content (AvgIpc) is 2.23. The van der Waals surface area contributed by atoms with Gasteiger partial charge in [0.1, 0.15) is 6.54 Å². The number of methoxy groups -OCH3 is 1. The van der Waals surface area contributed by atoms with Gasteiger partial charge in [-0.05, 0) is 12.3 Å². The number of ether oxygens (including phenoxy) is 2. The number of rotatable bonds is 6. The van der Waals surface area contributed by atoms with Gasteiger partial charge in [0, 0.05) is 6.92 Å². The van der Waals surface area contributed by atoms with E-state index < -0.39 is 18.0 Å². The Morgan fingerprint density at radius 3 is 2.24 bits per heavy atom. The Balaban J connectivity index is 4.27. The van der Waals surface area contributed by atoms with Crippen molar-refractivity contribution >= 4 is 17.8 Å². The van der Waals surface area contributed by atoms with Gasteiger partial charge in [0.25, 0.3) is 0 Å². The molecule has 1 N–H and O–H groups in total. The summed E-state index contributed by atoms with van der Waals surface area (Å²) in [5.41, 5.74) is 0. The molecule has 1 atom stereocenters. The van der Waals surface area contributed by atoms with Crippen molar-refractivity contribution in [3.63, 3.8) is 0 Å². The van der Waals surface area contributed by atoms with E-state index in [4.69, 9.17) is 4.74 Å². The van der Waals surface area contributed by atoms with Crippen molar-refractivity contribution < 1.29 is 23.9 Å². The highest BCUT2D eigenvalue weighted by Crippen LogP contribution is 2.10. The quantitative estimate of drug-likeness (QED) is 0.678. The fraction of sp³-hybridized carbons (Fsp3) is 0.727. The van der Waals surface area contributed by atoms with Crippen LogP contribution in [0.2, 0.25) is 0 Å². The van der Waals surface area contributed by atoms with Gasteiger partial charge < -0.3 is 14.8 Å². The third-order valence-corrected chi connectivity index (χ3v) is 1.90. The fourth-order valence-electron chi connectivity index (χ4n) is 1.15. The largest absolute Gasteiger partial charge is 0.466 e. The van der Waals surface area contributed by atoms with Gasteiger partial charge >= 0.3 is 11.9 Å². The van der Waals surface area contributed by atoms with Crippen LogP contribution in [0.1, 0.15) is 27.2 Å². The number of hydrogen-bond donors (Lipinski definition) is 1. The van der Waals surface area contributed by atoms with E-state index >= 15 is 0 Å². The molecule has 0 spiro atoms. The van der Waals surface area contributed by atoms with Gasteiger partial charge in [-0.3, -0.25) is 9.59 Å². The molecule has 6 heteroatoms. The Kier molecular flexibility index (Phi) is 6.93. The highest BCUT2D eigenvalue weighted by molar-refractivity contribution is 5.83. The van der Waals surface area contributed by atoms with E-state index in [9.17, 15) is 14.4 Å². The molecule has 0 fully saturated rings. The van der Waals surface area contributed by atoms with Gasteiger partial charge in [-0.25, -0.2) is 4.79 Å². The first-order valence-corrected chi connectivity index (χ1v) is 5.38. The van der Waals surface area contributed by atoms with E-state index in [1.807, 2.05) is 13.8 Å². The number of hydrogen-bond acceptors (Lipinski definition) is 5. The molecule has 0 aliphatic heterocycles. The summed E-state index contributed by atoms with van der Waals surface area (Å²) in [5, 5.41) is 2.30. The topological polar surface area (TPSA) is 81.7 Å². The standard InChI is InChI=1S/C11H19NO5/c1-7(2)5-9(11(15)16-4)17-10(14)6-12-8(3)13/h7,9H,5-6H2,1-4H3,(H,12,13)/t9-/m1/s1. The van der Waals surface area contributed by atoms with Crippen molar-refractivity contribution in [3.8, 4) is 0 Å². The third kappa shape index (κ3) is 7.32. The van der Waals surface area contributed by atoms with Crippen LogP contribution in [0, 0.1) is 5.92 Å². The molecular formula is C11H19NO5. The molecule has 0 aromatic heterocycles. The minimum Gasteiger partial charge on any atom is -0.466 e. The zero-order chi connectivity index (χ0) is 13.4. The van der Waals surface area contributed by atoms with Crippen molar-refractivity contribution in [1.29, 1.82) is 0 Å². The maximum Gasteiger partial charge on any atom is 0.347 e. The smallest absolute Gasteiger partial charge is 0.347 e. The first kappa shape index (κ1) is 15.4. The second-order valence-electron chi connectivity index (χ2n) is 4.04. The van der Waals surface area contributed by atoms with E-state index in [0.717, 1.165) is 0 Å². The fourth-order valence-corrected chi connectivity index (χ4v) is 1.15. The van der Waals surface area contributed by atoms with E-state index in [2.05, 4.69) is 10.1 Å². The molecule has 0 aromatic carbocycles. The van der Waals surface area contributed by atoms with Crippen molar-refractivity contribution in [2.24, 2.45) is 5.92 Å². The van der Waals surface area contributed by atoms with Crippen LogP contribution in [0.4, 0.5) is 0 Å². The predicted molar refractivity (Wildman–Crippen MR) is 60.0 cm³/mol. The van der Waals surface area contributed by atoms with Crippen molar-refractivity contribution in [1.82, 2.24) is 5.32 Å². The van der Waals surface area contributed by atoms with E-state index in [0.29, 0.717) is 6.42 Å². The number of carbonyl (C=O) groups excluding carboxylic acids is 3. The van der Waals surface area contributed by atoms with Gasteiger partial charge in [-0.2, -0.15) is 0 Å². The van der Waals surface area contributed by atoms with Crippen molar-refractivity contribution in [2.45, 2.75) is 33.3 Å². The Morgan fingerprint density at radius 2 is 1.82 bits per heavy atom. The Morgan fingerprint density at radius 1 is 1.24 bits per heavy atom. The van der Waals surface area contributed by atoms with Crippen LogP contribution >= 0.6 is 0 Å². The Hall–Kier alpha value is -1.59. The first-order chi connectivity index (χ1) is 7.86. The summed E-state index contributed by atoms with van der Waals surface area (Å²) in [5.74, 6) is -1.39. The van der Waals surface area contributed by atoms with Crippen LogP contribution in [0.25, 0.3) is 0 Å². The Bertz CT molecular complexity index is 288. The van der Waals surface area contributed by atoms with Crippen LogP contribution < -0.4 is 5.32 Å². The minimum absolute atomic E-state index is 0.188. The zero-order valence-corrected chi connectivity index (χ0v) is 10.6. The van der Waals surface area contributed by atoms with Crippen LogP contribution in [0.15, 0.2) is 0 Å². The molecule has 0 heterocycles. The van der Waals surface area contributed by atoms with Crippen LogP contribution in [0.3, 0.4) is 0 Å². The van der Waals surface area contributed by atoms with Gasteiger partial charge in [-0.1, -0.05) is 13.8 Å². The summed E-state index contributed by atoms with van der Waals surface area (Å²) in [6.45, 7) is 4.84. The van der Waals surface area contributed by atoms with Crippen molar-refractivity contribution in [2.75, 3.05) is 13.7 Å². The maximum atomic E-state index is 11.3. The molecule has 0 aromatic rings. The van der Waals surface area contributed by atoms with Crippen LogP contribution in [-0.4, -0.2) is 37.6 Å². The zero-order valence-electron chi connectivity index (χ0n) is 10.6. The van der Waals surface area contributed by atoms with Crippen LogP contribution in [-0.2, 0) is 23.9 Å². The SMILES string of the molecule is COC(=O)[C@@H](CC(C)C)OC(=O)CNC(C)=O. The van der Waals surface area contributed by atoms with Gasteiger partial charge in [0.2, 0.25) is 5.91 Å². The Labute approximate surface area is 101 Å². The van der Waals surface area contributed by atoms with E-state index in [-0.39, 0.29) is 18.4 Å². The molecule has 0 unspecified atom stereocenters. The predicted octanol–water partition coefficient (Wildman–Crippen LogP) is 0.253. The third-order valence-electron chi connectivity index (χ3n) is 1.90. The van der Waals surface area contributed by atoms with Gasteiger partial charge in [0.15, 0.2) is 6.10 Å². The second-order valence-corrected chi connectivity index (χ2v) is 4.04. The highest BCUT2D eigenvalue weighted by atomic mass is 16.6. The average molecular weight is 245 g/mol. The molecule has 0 bridgehead atoms. The summed E-state index contributed by atoms with van der Waals surface area (Å²) in [6.07, 6.45) is -0.528. The maximum absolute atomic E-state index is 11.3. The monoisotopic (exact) mass is 245 g/mol. The summed E-state index contributed by atoms with van der Waals surface area (Å²) in [7, 11) is 1.23. The molecule has 0 radical (unpaired) electrons. The highest BCUT2D eigenvalue weighted by Gasteiger charge is 2.24. The molecule has 0 aliphatic carbocycles. The van der Waals surface area contributed by atoms with E-state index in [1.54, 1.807) is 0 Å². The number of carbonyl (C=O) groups is 3. The summed E-state index contributed by atoms with van der Waals surface area (Å²) in [4.78, 5) is 33.2. The molecule has 0 rings (SSSR count). The van der Waals surface area contributed by atoms with Crippen LogP contribution in [0.5, 0.6) is 0 Å². The molecule has 17 heavy (non-hydrogen) atoms. The lowest BCUT2D eigenvalue weighted by Gasteiger charge is -2.17. The van der Waals surface area contributed by atoms with Gasteiger partial charge in [-0.15, -0.1) is 0 Å². The second kappa shape index (κ2) is 7.65.